The van der Waals surface area contributed by atoms with Crippen LogP contribution in [-0.4, -0.2) is 34.7 Å². The number of benzene rings is 3. The molecular weight excluding hydrogens is 449 g/mol. The van der Waals surface area contributed by atoms with Gasteiger partial charge in [-0.15, -0.1) is 0 Å². The van der Waals surface area contributed by atoms with Crippen molar-refractivity contribution in [1.29, 1.82) is 0 Å². The average Bonchev–Trinajstić information content (AvgIpc) is 2.89. The van der Waals surface area contributed by atoms with Crippen molar-refractivity contribution in [1.82, 2.24) is 5.01 Å². The molecule has 180 valence electrons. The Morgan fingerprint density at radius 2 is 1.71 bits per heavy atom. The van der Waals surface area contributed by atoms with Gasteiger partial charge >= 0.3 is 0 Å². The number of rotatable bonds is 7. The highest BCUT2D eigenvalue weighted by Crippen LogP contribution is 2.29. The first-order valence-electron chi connectivity index (χ1n) is 11.6. The molecule has 7 nitrogen and oxygen atoms in total. The van der Waals surface area contributed by atoms with E-state index in [1.807, 2.05) is 24.1 Å². The fourth-order valence-electron chi connectivity index (χ4n) is 4.48. The van der Waals surface area contributed by atoms with Crippen molar-refractivity contribution in [2.45, 2.75) is 26.2 Å². The van der Waals surface area contributed by atoms with Crippen LogP contribution in [0.3, 0.4) is 0 Å². The fourth-order valence-corrected chi connectivity index (χ4v) is 4.48. The molecule has 8 heteroatoms. The third-order valence-electron chi connectivity index (χ3n) is 6.36. The Balaban J connectivity index is 1.61. The van der Waals surface area contributed by atoms with Crippen LogP contribution in [0.1, 0.15) is 46.0 Å². The van der Waals surface area contributed by atoms with E-state index in [-0.39, 0.29) is 23.3 Å². The normalized spacial score (nSPS) is 14.5. The van der Waals surface area contributed by atoms with Crippen molar-refractivity contribution in [2.24, 2.45) is 5.92 Å². The minimum absolute atomic E-state index is 0.0470. The van der Waals surface area contributed by atoms with E-state index >= 15 is 0 Å². The number of nitrogens with zero attached hydrogens (tertiary/aromatic N) is 3. The van der Waals surface area contributed by atoms with E-state index in [4.69, 9.17) is 0 Å². The van der Waals surface area contributed by atoms with Crippen LogP contribution >= 0.6 is 0 Å². The number of piperidine rings is 1. The fraction of sp³-hybridized carbons (Fsp3) is 0.259. The maximum atomic E-state index is 13.8. The zero-order chi connectivity index (χ0) is 24.9. The van der Waals surface area contributed by atoms with Gasteiger partial charge in [0.25, 0.3) is 11.6 Å². The Morgan fingerprint density at radius 3 is 2.37 bits per heavy atom. The summed E-state index contributed by atoms with van der Waals surface area (Å²) in [6.45, 7) is 2.80. The smallest absolute Gasteiger partial charge is 0.273 e. The van der Waals surface area contributed by atoms with Crippen LogP contribution in [-0.2, 0) is 6.42 Å². The summed E-state index contributed by atoms with van der Waals surface area (Å²) in [7, 11) is 0. The lowest BCUT2D eigenvalue weighted by molar-refractivity contribution is -0.384. The first-order chi connectivity index (χ1) is 16.9. The molecule has 0 N–H and O–H groups in total. The zero-order valence-electron chi connectivity index (χ0n) is 19.4. The predicted molar refractivity (Wildman–Crippen MR) is 131 cm³/mol. The topological polar surface area (TPSA) is 83.8 Å². The van der Waals surface area contributed by atoms with Gasteiger partial charge in [-0.2, -0.15) is 0 Å². The Morgan fingerprint density at radius 1 is 1.03 bits per heavy atom. The van der Waals surface area contributed by atoms with E-state index in [0.717, 1.165) is 5.56 Å². The summed E-state index contributed by atoms with van der Waals surface area (Å²) >= 11 is 0. The molecule has 35 heavy (non-hydrogen) atoms. The van der Waals surface area contributed by atoms with Gasteiger partial charge in [-0.05, 0) is 61.2 Å². The lowest BCUT2D eigenvalue weighted by Crippen LogP contribution is -2.51. The van der Waals surface area contributed by atoms with E-state index in [0.29, 0.717) is 49.2 Å². The number of hydrogen-bond acceptors (Lipinski definition) is 5. The van der Waals surface area contributed by atoms with Crippen molar-refractivity contribution in [3.8, 4) is 0 Å². The first-order valence-corrected chi connectivity index (χ1v) is 11.6. The minimum atomic E-state index is -0.486. The first kappa shape index (κ1) is 24.2. The highest BCUT2D eigenvalue weighted by atomic mass is 19.1. The number of nitro benzene ring substituents is 1. The molecule has 1 heterocycles. The molecule has 3 aromatic carbocycles. The van der Waals surface area contributed by atoms with Crippen molar-refractivity contribution >= 4 is 23.1 Å². The second kappa shape index (κ2) is 10.6. The molecule has 1 saturated heterocycles. The third kappa shape index (κ3) is 5.27. The molecule has 3 aromatic rings. The summed E-state index contributed by atoms with van der Waals surface area (Å²) < 4.78 is 13.2. The number of anilines is 1. The Bertz CT molecular complexity index is 1240. The van der Waals surface area contributed by atoms with Crippen molar-refractivity contribution < 1.29 is 18.9 Å². The van der Waals surface area contributed by atoms with Gasteiger partial charge in [0, 0.05) is 42.3 Å². The molecule has 0 spiro atoms. The summed E-state index contributed by atoms with van der Waals surface area (Å²) in [6.07, 6.45) is 1.67. The number of Topliss-reactive ketones (excluding diaryl/α,β-unsaturated/α-hetero) is 1. The summed E-state index contributed by atoms with van der Waals surface area (Å²) in [4.78, 5) is 37.6. The van der Waals surface area contributed by atoms with Gasteiger partial charge in [-0.3, -0.25) is 19.7 Å². The van der Waals surface area contributed by atoms with Crippen molar-refractivity contribution in [2.75, 3.05) is 18.1 Å². The summed E-state index contributed by atoms with van der Waals surface area (Å²) in [5, 5.41) is 14.7. The molecule has 1 amide bonds. The van der Waals surface area contributed by atoms with Gasteiger partial charge in [0.2, 0.25) is 0 Å². The Labute approximate surface area is 202 Å². The van der Waals surface area contributed by atoms with Crippen LogP contribution in [0.5, 0.6) is 0 Å². The summed E-state index contributed by atoms with van der Waals surface area (Å²) in [5.41, 5.74) is 2.18. The van der Waals surface area contributed by atoms with E-state index < -0.39 is 10.7 Å². The van der Waals surface area contributed by atoms with Crippen molar-refractivity contribution in [3.05, 3.63) is 105 Å². The zero-order valence-corrected chi connectivity index (χ0v) is 19.4. The lowest BCUT2D eigenvalue weighted by Gasteiger charge is -2.39. The molecule has 4 rings (SSSR count). The molecule has 1 fully saturated rings. The van der Waals surface area contributed by atoms with Crippen LogP contribution in [0.25, 0.3) is 0 Å². The SMILES string of the molecule is CCc1ccccc1C(=O)N(c1cccc([N+](=O)[O-])c1)N1CCC(C(=O)c2ccc(F)cc2)CC1. The highest BCUT2D eigenvalue weighted by molar-refractivity contribution is 6.06. The molecule has 0 aromatic heterocycles. The van der Waals surface area contributed by atoms with Crippen LogP contribution in [0, 0.1) is 21.8 Å². The van der Waals surface area contributed by atoms with E-state index in [9.17, 15) is 24.1 Å². The number of aryl methyl sites for hydroxylation is 1. The minimum Gasteiger partial charge on any atom is -0.294 e. The van der Waals surface area contributed by atoms with Crippen LogP contribution in [0.15, 0.2) is 72.8 Å². The number of halogens is 1. The van der Waals surface area contributed by atoms with Crippen LogP contribution in [0.2, 0.25) is 0 Å². The van der Waals surface area contributed by atoms with Crippen LogP contribution < -0.4 is 5.01 Å². The lowest BCUT2D eigenvalue weighted by atomic mass is 9.89. The predicted octanol–water partition coefficient (Wildman–Crippen LogP) is 5.45. The Hall–Kier alpha value is -3.91. The second-order valence-electron chi connectivity index (χ2n) is 8.50. The van der Waals surface area contributed by atoms with Crippen LogP contribution in [0.4, 0.5) is 15.8 Å². The number of ketones is 1. The summed E-state index contributed by atoms with van der Waals surface area (Å²) in [6, 6.07) is 18.9. The Kier molecular flexibility index (Phi) is 7.31. The van der Waals surface area contributed by atoms with Gasteiger partial charge in [-0.25, -0.2) is 14.4 Å². The molecular formula is C27H26FN3O4. The van der Waals surface area contributed by atoms with E-state index in [1.165, 1.54) is 41.4 Å². The number of hydrogen-bond donors (Lipinski definition) is 0. The number of hydrazine groups is 1. The highest BCUT2D eigenvalue weighted by Gasteiger charge is 2.32. The number of carbonyl (C=O) groups excluding carboxylic acids is 2. The monoisotopic (exact) mass is 475 g/mol. The van der Waals surface area contributed by atoms with Gasteiger partial charge < -0.3 is 0 Å². The molecule has 1 aliphatic rings. The molecule has 0 bridgehead atoms. The molecule has 0 aliphatic carbocycles. The van der Waals surface area contributed by atoms with E-state index in [1.54, 1.807) is 24.3 Å². The van der Waals surface area contributed by atoms with E-state index in [2.05, 4.69) is 0 Å². The quantitative estimate of drug-likeness (QED) is 0.258. The molecule has 0 saturated carbocycles. The molecule has 0 unspecified atom stereocenters. The number of amides is 1. The number of nitro groups is 1. The van der Waals surface area contributed by atoms with Gasteiger partial charge in [-0.1, -0.05) is 31.2 Å². The molecule has 0 radical (unpaired) electrons. The van der Waals surface area contributed by atoms with Gasteiger partial charge in [0.1, 0.15) is 5.82 Å². The third-order valence-corrected chi connectivity index (χ3v) is 6.36. The molecule has 1 aliphatic heterocycles. The maximum Gasteiger partial charge on any atom is 0.273 e. The average molecular weight is 476 g/mol. The molecule has 0 atom stereocenters. The second-order valence-corrected chi connectivity index (χ2v) is 8.50. The number of carbonyl (C=O) groups is 2. The van der Waals surface area contributed by atoms with Gasteiger partial charge in [0.05, 0.1) is 10.6 Å². The maximum absolute atomic E-state index is 13.8. The van der Waals surface area contributed by atoms with Gasteiger partial charge in [0.15, 0.2) is 5.78 Å². The number of non-ortho nitro benzene ring substituents is 1. The summed E-state index contributed by atoms with van der Waals surface area (Å²) in [5.74, 6) is -0.961. The largest absolute Gasteiger partial charge is 0.294 e. The van der Waals surface area contributed by atoms with Crippen molar-refractivity contribution in [3.63, 3.8) is 0 Å². The standard InChI is InChI=1S/C27H26FN3O4/c1-2-19-6-3-4-9-25(19)27(33)30(23-7-5-8-24(18-23)31(34)35)29-16-14-21(15-17-29)26(32)20-10-12-22(28)13-11-20/h3-13,18,21H,2,14-17H2,1H3.